The van der Waals surface area contributed by atoms with E-state index >= 15 is 0 Å². The number of ketones is 1. The quantitative estimate of drug-likeness (QED) is 0.639. The van der Waals surface area contributed by atoms with Gasteiger partial charge in [0.1, 0.15) is 5.75 Å². The second-order valence-corrected chi connectivity index (χ2v) is 4.58. The Hall–Kier alpha value is -1.59. The van der Waals surface area contributed by atoms with Gasteiger partial charge in [0.2, 0.25) is 0 Å². The zero-order valence-electron chi connectivity index (χ0n) is 11.2. The van der Waals surface area contributed by atoms with Crippen molar-refractivity contribution in [2.24, 2.45) is 0 Å². The number of morpholine rings is 1. The van der Waals surface area contributed by atoms with Crippen LogP contribution in [0.4, 0.5) is 5.69 Å². The van der Waals surface area contributed by atoms with Gasteiger partial charge in [0.05, 0.1) is 26.0 Å². The van der Waals surface area contributed by atoms with E-state index in [1.807, 2.05) is 0 Å². The molecule has 1 heterocycles. The standard InChI is InChI=1S/C14H20N2O3/c1-18-14-3-2-11(10-12(14)15)13(17)4-5-16-6-8-19-9-7-16/h2-3,10H,4-9,15H2,1H3. The number of methoxy groups -OCH3 is 1. The fraction of sp³-hybridized carbons (Fsp3) is 0.500. The Morgan fingerprint density at radius 3 is 2.79 bits per heavy atom. The molecular formula is C14H20N2O3. The van der Waals surface area contributed by atoms with Crippen LogP contribution in [0.2, 0.25) is 0 Å². The van der Waals surface area contributed by atoms with E-state index in [2.05, 4.69) is 4.90 Å². The normalized spacial score (nSPS) is 16.3. The average Bonchev–Trinajstić information content (AvgIpc) is 2.45. The summed E-state index contributed by atoms with van der Waals surface area (Å²) in [6, 6.07) is 5.18. The van der Waals surface area contributed by atoms with Crippen molar-refractivity contribution in [3.63, 3.8) is 0 Å². The summed E-state index contributed by atoms with van der Waals surface area (Å²) in [5.74, 6) is 0.713. The van der Waals surface area contributed by atoms with Gasteiger partial charge in [-0.05, 0) is 18.2 Å². The lowest BCUT2D eigenvalue weighted by Crippen LogP contribution is -2.37. The minimum atomic E-state index is 0.112. The van der Waals surface area contributed by atoms with Crippen LogP contribution in [0.1, 0.15) is 16.8 Å². The molecule has 0 saturated carbocycles. The lowest BCUT2D eigenvalue weighted by Gasteiger charge is -2.26. The summed E-state index contributed by atoms with van der Waals surface area (Å²) in [5.41, 5.74) is 6.95. The summed E-state index contributed by atoms with van der Waals surface area (Å²) in [5, 5.41) is 0. The topological polar surface area (TPSA) is 64.8 Å². The highest BCUT2D eigenvalue weighted by Crippen LogP contribution is 2.22. The molecule has 0 spiro atoms. The third-order valence-electron chi connectivity index (χ3n) is 3.31. The van der Waals surface area contributed by atoms with E-state index in [9.17, 15) is 4.79 Å². The number of hydrogen-bond acceptors (Lipinski definition) is 5. The number of nitrogens with zero attached hydrogens (tertiary/aromatic N) is 1. The molecule has 5 heteroatoms. The highest BCUT2D eigenvalue weighted by Gasteiger charge is 2.13. The van der Waals surface area contributed by atoms with Gasteiger partial charge in [-0.25, -0.2) is 0 Å². The van der Waals surface area contributed by atoms with Crippen LogP contribution in [0, 0.1) is 0 Å². The van der Waals surface area contributed by atoms with Gasteiger partial charge in [0, 0.05) is 31.6 Å². The number of benzene rings is 1. The van der Waals surface area contributed by atoms with Crippen molar-refractivity contribution < 1.29 is 14.3 Å². The number of carbonyl (C=O) groups excluding carboxylic acids is 1. The van der Waals surface area contributed by atoms with Crippen LogP contribution >= 0.6 is 0 Å². The second kappa shape index (κ2) is 6.54. The van der Waals surface area contributed by atoms with Gasteiger partial charge in [0.15, 0.2) is 5.78 Å². The molecule has 2 N–H and O–H groups in total. The predicted octanol–water partition coefficient (Wildman–Crippen LogP) is 1.18. The molecule has 1 aromatic carbocycles. The van der Waals surface area contributed by atoms with Crippen LogP contribution in [0.15, 0.2) is 18.2 Å². The van der Waals surface area contributed by atoms with E-state index in [4.69, 9.17) is 15.2 Å². The van der Waals surface area contributed by atoms with Crippen molar-refractivity contribution in [3.05, 3.63) is 23.8 Å². The fourth-order valence-electron chi connectivity index (χ4n) is 2.14. The zero-order chi connectivity index (χ0) is 13.7. The van der Waals surface area contributed by atoms with Gasteiger partial charge in [-0.1, -0.05) is 0 Å². The van der Waals surface area contributed by atoms with Gasteiger partial charge < -0.3 is 15.2 Å². The molecule has 104 valence electrons. The molecule has 0 amide bonds. The molecule has 0 unspecified atom stereocenters. The minimum absolute atomic E-state index is 0.112. The Balaban J connectivity index is 1.90. The number of nitrogen functional groups attached to an aromatic ring is 1. The van der Waals surface area contributed by atoms with E-state index in [0.29, 0.717) is 23.4 Å². The summed E-state index contributed by atoms with van der Waals surface area (Å²) in [4.78, 5) is 14.3. The SMILES string of the molecule is COc1ccc(C(=O)CCN2CCOCC2)cc1N. The van der Waals surface area contributed by atoms with Crippen LogP contribution in [-0.4, -0.2) is 50.6 Å². The van der Waals surface area contributed by atoms with Crippen LogP contribution in [0.5, 0.6) is 5.75 Å². The first-order valence-electron chi connectivity index (χ1n) is 6.47. The minimum Gasteiger partial charge on any atom is -0.495 e. The van der Waals surface area contributed by atoms with Crippen LogP contribution in [-0.2, 0) is 4.74 Å². The zero-order valence-corrected chi connectivity index (χ0v) is 11.2. The van der Waals surface area contributed by atoms with E-state index in [1.54, 1.807) is 25.3 Å². The van der Waals surface area contributed by atoms with Gasteiger partial charge in [0.25, 0.3) is 0 Å². The molecule has 2 rings (SSSR count). The van der Waals surface area contributed by atoms with E-state index in [-0.39, 0.29) is 5.78 Å². The number of Topliss-reactive ketones (excluding diaryl/α,β-unsaturated/α-hetero) is 1. The number of ether oxygens (including phenoxy) is 2. The Morgan fingerprint density at radius 2 is 2.16 bits per heavy atom. The van der Waals surface area contributed by atoms with E-state index in [0.717, 1.165) is 32.8 Å². The molecule has 1 aliphatic heterocycles. The van der Waals surface area contributed by atoms with Gasteiger partial charge in [-0.15, -0.1) is 0 Å². The Labute approximate surface area is 113 Å². The van der Waals surface area contributed by atoms with Crippen molar-refractivity contribution >= 4 is 11.5 Å². The van der Waals surface area contributed by atoms with E-state index in [1.165, 1.54) is 0 Å². The number of hydrogen-bond donors (Lipinski definition) is 1. The van der Waals surface area contributed by atoms with Crippen molar-refractivity contribution in [3.8, 4) is 5.75 Å². The molecule has 1 fully saturated rings. The van der Waals surface area contributed by atoms with Crippen molar-refractivity contribution in [1.29, 1.82) is 0 Å². The highest BCUT2D eigenvalue weighted by molar-refractivity contribution is 5.97. The Bertz CT molecular complexity index is 442. The molecular weight excluding hydrogens is 244 g/mol. The third kappa shape index (κ3) is 3.68. The Morgan fingerprint density at radius 1 is 1.42 bits per heavy atom. The highest BCUT2D eigenvalue weighted by atomic mass is 16.5. The number of rotatable bonds is 5. The molecule has 1 saturated heterocycles. The maximum Gasteiger partial charge on any atom is 0.164 e. The molecule has 1 aliphatic rings. The maximum atomic E-state index is 12.1. The largest absolute Gasteiger partial charge is 0.495 e. The lowest BCUT2D eigenvalue weighted by atomic mass is 10.1. The van der Waals surface area contributed by atoms with Gasteiger partial charge in [-0.3, -0.25) is 9.69 Å². The Kier molecular flexibility index (Phi) is 4.76. The second-order valence-electron chi connectivity index (χ2n) is 4.58. The number of carbonyl (C=O) groups is 1. The van der Waals surface area contributed by atoms with Crippen LogP contribution < -0.4 is 10.5 Å². The molecule has 0 radical (unpaired) electrons. The first kappa shape index (κ1) is 13.8. The summed E-state index contributed by atoms with van der Waals surface area (Å²) in [6.07, 6.45) is 0.506. The first-order chi connectivity index (χ1) is 9.20. The maximum absolute atomic E-state index is 12.1. The predicted molar refractivity (Wildman–Crippen MR) is 73.6 cm³/mol. The van der Waals surface area contributed by atoms with Crippen molar-refractivity contribution in [2.45, 2.75) is 6.42 Å². The van der Waals surface area contributed by atoms with Crippen LogP contribution in [0.25, 0.3) is 0 Å². The molecule has 0 atom stereocenters. The smallest absolute Gasteiger partial charge is 0.164 e. The first-order valence-corrected chi connectivity index (χ1v) is 6.47. The third-order valence-corrected chi connectivity index (χ3v) is 3.31. The molecule has 19 heavy (non-hydrogen) atoms. The summed E-state index contributed by atoms with van der Waals surface area (Å²) < 4.78 is 10.4. The van der Waals surface area contributed by atoms with Crippen molar-refractivity contribution in [2.75, 3.05) is 45.7 Å². The van der Waals surface area contributed by atoms with E-state index < -0.39 is 0 Å². The number of anilines is 1. The van der Waals surface area contributed by atoms with Gasteiger partial charge >= 0.3 is 0 Å². The number of nitrogens with two attached hydrogens (primary N) is 1. The molecule has 1 aromatic rings. The van der Waals surface area contributed by atoms with Gasteiger partial charge in [-0.2, -0.15) is 0 Å². The summed E-state index contributed by atoms with van der Waals surface area (Å²) in [6.45, 7) is 4.08. The average molecular weight is 264 g/mol. The van der Waals surface area contributed by atoms with Crippen LogP contribution in [0.3, 0.4) is 0 Å². The lowest BCUT2D eigenvalue weighted by molar-refractivity contribution is 0.0370. The molecule has 0 aliphatic carbocycles. The monoisotopic (exact) mass is 264 g/mol. The summed E-state index contributed by atoms with van der Waals surface area (Å²) in [7, 11) is 1.56. The van der Waals surface area contributed by atoms with Crippen molar-refractivity contribution in [1.82, 2.24) is 4.90 Å². The summed E-state index contributed by atoms with van der Waals surface area (Å²) >= 11 is 0. The molecule has 0 bridgehead atoms. The molecule has 0 aromatic heterocycles. The molecule has 5 nitrogen and oxygen atoms in total. The fourth-order valence-corrected chi connectivity index (χ4v) is 2.14.